The van der Waals surface area contributed by atoms with Gasteiger partial charge < -0.3 is 0 Å². The Morgan fingerprint density at radius 2 is 1.25 bits per heavy atom. The van der Waals surface area contributed by atoms with Gasteiger partial charge in [-0.3, -0.25) is 0 Å². The van der Waals surface area contributed by atoms with Crippen LogP contribution >= 0.6 is 0 Å². The van der Waals surface area contributed by atoms with Crippen molar-refractivity contribution in [3.63, 3.8) is 0 Å². The monoisotopic (exact) mass is 442 g/mol. The summed E-state index contributed by atoms with van der Waals surface area (Å²) >= 11 is -3.81. The number of benzene rings is 1. The Balaban J connectivity index is 2.88. The van der Waals surface area contributed by atoms with E-state index >= 15 is 0 Å². The van der Waals surface area contributed by atoms with Crippen LogP contribution in [0.15, 0.2) is 68.3 Å². The average Bonchev–Trinajstić information content (AvgIpc) is 2.49. The van der Waals surface area contributed by atoms with Crippen LogP contribution < -0.4 is 0 Å². The van der Waals surface area contributed by atoms with Crippen molar-refractivity contribution >= 4 is 0 Å². The fourth-order valence-corrected chi connectivity index (χ4v) is 10.3. The van der Waals surface area contributed by atoms with Gasteiger partial charge in [0.2, 0.25) is 0 Å². The van der Waals surface area contributed by atoms with Gasteiger partial charge in [0, 0.05) is 0 Å². The second kappa shape index (κ2) is 10.00. The molecule has 0 aliphatic heterocycles. The first-order valence-corrected chi connectivity index (χ1v) is 13.5. The van der Waals surface area contributed by atoms with Crippen LogP contribution in [-0.2, 0) is 34.0 Å². The molecule has 1 rings (SSSR count). The van der Waals surface area contributed by atoms with Crippen LogP contribution in [0.1, 0.15) is 5.56 Å². The van der Waals surface area contributed by atoms with E-state index in [0.717, 1.165) is 5.56 Å². The Morgan fingerprint density at radius 3 is 1.65 bits per heavy atom. The summed E-state index contributed by atoms with van der Waals surface area (Å²) in [6, 6.07) is 10.1. The van der Waals surface area contributed by atoms with E-state index in [1.54, 1.807) is 18.2 Å². The fraction of sp³-hybridized carbons (Fsp3) is 0.250. The Kier molecular flexibility index (Phi) is 8.62. The van der Waals surface area contributed by atoms with E-state index in [9.17, 15) is 0 Å². The van der Waals surface area contributed by atoms with E-state index in [-0.39, 0.29) is 0 Å². The van der Waals surface area contributed by atoms with Crippen molar-refractivity contribution in [3.05, 3.63) is 73.9 Å². The van der Waals surface area contributed by atoms with Gasteiger partial charge in [-0.05, 0) is 0 Å². The maximum atomic E-state index is 5.95. The molecule has 0 radical (unpaired) electrons. The fourth-order valence-electron chi connectivity index (χ4n) is 1.68. The first-order chi connectivity index (χ1) is 9.76. The van der Waals surface area contributed by atoms with Gasteiger partial charge in [-0.1, -0.05) is 0 Å². The summed E-state index contributed by atoms with van der Waals surface area (Å²) in [6.45, 7) is 12.4. The van der Waals surface area contributed by atoms with Crippen molar-refractivity contribution in [2.45, 2.75) is 4.18 Å². The zero-order valence-electron chi connectivity index (χ0n) is 11.8. The third-order valence-electron chi connectivity index (χ3n) is 2.53. The van der Waals surface area contributed by atoms with Gasteiger partial charge in [-0.15, -0.1) is 0 Å². The average molecular weight is 441 g/mol. The van der Waals surface area contributed by atoms with Gasteiger partial charge in [-0.25, -0.2) is 0 Å². The molecule has 0 spiro atoms. The van der Waals surface area contributed by atoms with Crippen LogP contribution in [0, 0.1) is 0 Å². The molecule has 0 aliphatic rings. The van der Waals surface area contributed by atoms with Gasteiger partial charge in [0.25, 0.3) is 0 Å². The third kappa shape index (κ3) is 6.09. The number of hydrogen-bond acceptors (Lipinski definition) is 3. The molecule has 0 amide bonds. The van der Waals surface area contributed by atoms with E-state index in [1.807, 2.05) is 18.2 Å². The topological polar surface area (TPSA) is 27.7 Å². The third-order valence-corrected chi connectivity index (χ3v) is 12.1. The summed E-state index contributed by atoms with van der Waals surface area (Å²) in [5, 5.41) is 0. The van der Waals surface area contributed by atoms with E-state index in [0.29, 0.717) is 24.0 Å². The molecule has 0 atom stereocenters. The van der Waals surface area contributed by atoms with E-state index < -0.39 is 21.3 Å². The number of rotatable bonds is 11. The predicted octanol–water partition coefficient (Wildman–Crippen LogP) is 3.69. The minimum absolute atomic E-state index is 0.433. The molecule has 20 heavy (non-hydrogen) atoms. The molecular formula is C16H22HfO3. The summed E-state index contributed by atoms with van der Waals surface area (Å²) in [5.41, 5.74) is 1.16. The molecule has 0 heterocycles. The first-order valence-electron chi connectivity index (χ1n) is 6.55. The SMILES string of the molecule is C=CC[O][Hf]([CH2]c1ccccc1)([O]CC=C)[O]CC=C. The molecule has 0 fully saturated rings. The first kappa shape index (κ1) is 17.2. The van der Waals surface area contributed by atoms with E-state index in [4.69, 9.17) is 8.56 Å². The normalized spacial score (nSPS) is 11.0. The van der Waals surface area contributed by atoms with Crippen LogP contribution in [0.3, 0.4) is 0 Å². The Morgan fingerprint density at radius 1 is 0.800 bits per heavy atom. The Hall–Kier alpha value is -0.810. The summed E-state index contributed by atoms with van der Waals surface area (Å²) in [4.78, 5) is 0. The van der Waals surface area contributed by atoms with Crippen molar-refractivity contribution in [2.24, 2.45) is 0 Å². The Labute approximate surface area is 127 Å². The van der Waals surface area contributed by atoms with Crippen LogP contribution in [-0.4, -0.2) is 19.8 Å². The summed E-state index contributed by atoms with van der Waals surface area (Å²) in [7, 11) is 0. The number of hydrogen-bond donors (Lipinski definition) is 0. The van der Waals surface area contributed by atoms with E-state index in [2.05, 4.69) is 31.9 Å². The molecule has 0 saturated carbocycles. The van der Waals surface area contributed by atoms with Crippen molar-refractivity contribution < 1.29 is 29.8 Å². The second-order valence-electron chi connectivity index (χ2n) is 4.14. The molecule has 3 nitrogen and oxygen atoms in total. The molecule has 0 unspecified atom stereocenters. The zero-order valence-corrected chi connectivity index (χ0v) is 15.4. The van der Waals surface area contributed by atoms with Gasteiger partial charge in [-0.2, -0.15) is 0 Å². The summed E-state index contributed by atoms with van der Waals surface area (Å²) in [5.74, 6) is 0. The van der Waals surface area contributed by atoms with Crippen LogP contribution in [0.4, 0.5) is 0 Å². The minimum atomic E-state index is -3.81. The molecule has 0 N–H and O–H groups in total. The second-order valence-corrected chi connectivity index (χ2v) is 13.4. The Bertz CT molecular complexity index is 386. The van der Waals surface area contributed by atoms with Crippen LogP contribution in [0.2, 0.25) is 0 Å². The standard InChI is InChI=1S/C7H7.3C3H5O.Hf/c1-7-5-3-2-4-6-7;3*1-2-3-4;/h2-6H,1H2;3*2H,1,3H2;/q;3*-1;+3. The molecule has 108 valence electrons. The molecule has 1 aromatic carbocycles. The molecule has 0 aliphatic carbocycles. The summed E-state index contributed by atoms with van der Waals surface area (Å²) < 4.78 is 18.6. The van der Waals surface area contributed by atoms with Crippen molar-refractivity contribution in [1.29, 1.82) is 0 Å². The van der Waals surface area contributed by atoms with Crippen LogP contribution in [0.5, 0.6) is 0 Å². The molecule has 4 heteroatoms. The van der Waals surface area contributed by atoms with Crippen molar-refractivity contribution in [2.75, 3.05) is 19.8 Å². The molecule has 0 saturated heterocycles. The van der Waals surface area contributed by atoms with Crippen molar-refractivity contribution in [1.82, 2.24) is 0 Å². The molecule has 1 aromatic rings. The van der Waals surface area contributed by atoms with Gasteiger partial charge in [0.05, 0.1) is 0 Å². The molecule has 0 aromatic heterocycles. The maximum absolute atomic E-state index is 5.95. The van der Waals surface area contributed by atoms with Crippen LogP contribution in [0.25, 0.3) is 0 Å². The zero-order chi connectivity index (χ0) is 14.7. The predicted molar refractivity (Wildman–Crippen MR) is 78.6 cm³/mol. The molecule has 0 bridgehead atoms. The summed E-state index contributed by atoms with van der Waals surface area (Å²) in [6.07, 6.45) is 5.15. The molecular weight excluding hydrogens is 419 g/mol. The van der Waals surface area contributed by atoms with Crippen molar-refractivity contribution in [3.8, 4) is 0 Å². The van der Waals surface area contributed by atoms with E-state index in [1.165, 1.54) is 0 Å². The van der Waals surface area contributed by atoms with Gasteiger partial charge >= 0.3 is 128 Å². The van der Waals surface area contributed by atoms with Gasteiger partial charge in [0.1, 0.15) is 0 Å². The quantitative estimate of drug-likeness (QED) is 0.388. The van der Waals surface area contributed by atoms with Gasteiger partial charge in [0.15, 0.2) is 0 Å².